The molecule has 2 N–H and O–H groups in total. The van der Waals surface area contributed by atoms with Gasteiger partial charge in [0.1, 0.15) is 12.3 Å². The summed E-state index contributed by atoms with van der Waals surface area (Å²) in [6, 6.07) is 11.4. The third-order valence-electron chi connectivity index (χ3n) is 5.38. The first-order valence-electron chi connectivity index (χ1n) is 9.31. The van der Waals surface area contributed by atoms with Crippen molar-refractivity contribution in [2.24, 2.45) is 11.7 Å². The van der Waals surface area contributed by atoms with Gasteiger partial charge in [-0.25, -0.2) is 4.90 Å². The molecule has 30 heavy (non-hydrogen) atoms. The van der Waals surface area contributed by atoms with Crippen LogP contribution in [0.2, 0.25) is 5.02 Å². The van der Waals surface area contributed by atoms with E-state index in [0.29, 0.717) is 22.0 Å². The summed E-state index contributed by atoms with van der Waals surface area (Å²) >= 11 is 6.19. The number of nitrogens with zero attached hydrogens (tertiary/aromatic N) is 2. The standard InChI is InChI=1S/C21H20ClN3O5/c1-11-3-6-13(9-15(11)22)25-20(27)17-18(12-4-7-14(29-2)8-5-12)24(10-16(23)26)30-19(17)21(25)28/h3-9,17-19H,10H2,1-2H3,(H2,23,26). The van der Waals surface area contributed by atoms with Gasteiger partial charge >= 0.3 is 0 Å². The fraction of sp³-hybridized carbons (Fsp3) is 0.286. The van der Waals surface area contributed by atoms with Crippen molar-refractivity contribution < 1.29 is 24.0 Å². The van der Waals surface area contributed by atoms with Crippen LogP contribution in [0.1, 0.15) is 17.2 Å². The Labute approximate surface area is 178 Å². The van der Waals surface area contributed by atoms with Crippen molar-refractivity contribution >= 4 is 35.0 Å². The largest absolute Gasteiger partial charge is 0.497 e. The normalized spacial score (nSPS) is 23.7. The van der Waals surface area contributed by atoms with E-state index in [1.165, 1.54) is 5.06 Å². The van der Waals surface area contributed by atoms with Crippen molar-refractivity contribution in [2.45, 2.75) is 19.1 Å². The molecule has 9 heteroatoms. The Bertz CT molecular complexity index is 1030. The lowest BCUT2D eigenvalue weighted by molar-refractivity contribution is -0.175. The Morgan fingerprint density at radius 3 is 2.47 bits per heavy atom. The number of rotatable bonds is 5. The van der Waals surface area contributed by atoms with Crippen LogP contribution in [-0.2, 0) is 19.2 Å². The highest BCUT2D eigenvalue weighted by atomic mass is 35.5. The number of nitrogens with two attached hydrogens (primary N) is 1. The lowest BCUT2D eigenvalue weighted by atomic mass is 9.91. The second-order valence-corrected chi connectivity index (χ2v) is 7.66. The number of primary amides is 1. The minimum Gasteiger partial charge on any atom is -0.497 e. The van der Waals surface area contributed by atoms with Crippen molar-refractivity contribution in [1.82, 2.24) is 5.06 Å². The van der Waals surface area contributed by atoms with Crippen LogP contribution in [0.4, 0.5) is 5.69 Å². The van der Waals surface area contributed by atoms with Crippen molar-refractivity contribution in [3.63, 3.8) is 0 Å². The molecule has 0 saturated carbocycles. The van der Waals surface area contributed by atoms with E-state index < -0.39 is 35.8 Å². The summed E-state index contributed by atoms with van der Waals surface area (Å²) in [4.78, 5) is 44.8. The molecule has 2 saturated heterocycles. The first-order chi connectivity index (χ1) is 14.3. The van der Waals surface area contributed by atoms with E-state index in [1.54, 1.807) is 49.6 Å². The number of hydrogen-bond acceptors (Lipinski definition) is 6. The summed E-state index contributed by atoms with van der Waals surface area (Å²) in [6.45, 7) is 1.58. The number of hydrogen-bond donors (Lipinski definition) is 1. The molecule has 2 aliphatic rings. The van der Waals surface area contributed by atoms with E-state index in [4.69, 9.17) is 26.9 Å². The Kier molecular flexibility index (Phi) is 5.23. The maximum atomic E-state index is 13.3. The molecule has 0 aromatic heterocycles. The number of carbonyl (C=O) groups excluding carboxylic acids is 3. The zero-order valence-corrected chi connectivity index (χ0v) is 17.1. The quantitative estimate of drug-likeness (QED) is 0.729. The summed E-state index contributed by atoms with van der Waals surface area (Å²) in [7, 11) is 1.55. The van der Waals surface area contributed by atoms with E-state index in [-0.39, 0.29) is 6.54 Å². The smallest absolute Gasteiger partial charge is 0.265 e. The molecule has 4 rings (SSSR count). The summed E-state index contributed by atoms with van der Waals surface area (Å²) in [5, 5.41) is 1.77. The zero-order chi connectivity index (χ0) is 21.6. The van der Waals surface area contributed by atoms with Gasteiger partial charge in [0.25, 0.3) is 5.91 Å². The Morgan fingerprint density at radius 2 is 1.87 bits per heavy atom. The van der Waals surface area contributed by atoms with Gasteiger partial charge in [0.15, 0.2) is 6.10 Å². The molecule has 2 fully saturated rings. The average molecular weight is 430 g/mol. The molecular formula is C21H20ClN3O5. The number of amides is 3. The number of anilines is 1. The fourth-order valence-electron chi connectivity index (χ4n) is 3.91. The van der Waals surface area contributed by atoms with Gasteiger partial charge < -0.3 is 10.5 Å². The number of halogens is 1. The molecule has 2 aromatic carbocycles. The topological polar surface area (TPSA) is 102 Å². The van der Waals surface area contributed by atoms with Gasteiger partial charge in [-0.05, 0) is 42.3 Å². The van der Waals surface area contributed by atoms with Gasteiger partial charge in [-0.3, -0.25) is 19.2 Å². The molecule has 8 nitrogen and oxygen atoms in total. The number of ether oxygens (including phenoxy) is 1. The maximum absolute atomic E-state index is 13.3. The van der Waals surface area contributed by atoms with Gasteiger partial charge in [0.05, 0.1) is 24.8 Å². The lowest BCUT2D eigenvalue weighted by Gasteiger charge is -2.26. The SMILES string of the molecule is COc1ccc(C2C3C(=O)N(c4ccc(C)c(Cl)c4)C(=O)C3ON2CC(N)=O)cc1. The monoisotopic (exact) mass is 429 g/mol. The van der Waals surface area contributed by atoms with Gasteiger partial charge in [-0.2, -0.15) is 5.06 Å². The van der Waals surface area contributed by atoms with Crippen molar-refractivity contribution in [3.05, 3.63) is 58.6 Å². The second kappa shape index (κ2) is 7.71. The number of fused-ring (bicyclic) bond motifs is 1. The summed E-state index contributed by atoms with van der Waals surface area (Å²) in [6.07, 6.45) is -1.05. The predicted molar refractivity (Wildman–Crippen MR) is 109 cm³/mol. The van der Waals surface area contributed by atoms with Crippen LogP contribution in [0.15, 0.2) is 42.5 Å². The van der Waals surface area contributed by atoms with E-state index in [0.717, 1.165) is 10.5 Å². The molecule has 0 bridgehead atoms. The molecular weight excluding hydrogens is 410 g/mol. The highest BCUT2D eigenvalue weighted by Crippen LogP contribution is 2.46. The van der Waals surface area contributed by atoms with Gasteiger partial charge in [-0.1, -0.05) is 29.8 Å². The summed E-state index contributed by atoms with van der Waals surface area (Å²) in [5.41, 5.74) is 7.27. The van der Waals surface area contributed by atoms with Crippen LogP contribution in [0.5, 0.6) is 5.75 Å². The van der Waals surface area contributed by atoms with Crippen molar-refractivity contribution in [1.29, 1.82) is 0 Å². The molecule has 0 aliphatic carbocycles. The number of imide groups is 1. The first-order valence-corrected chi connectivity index (χ1v) is 9.69. The highest BCUT2D eigenvalue weighted by molar-refractivity contribution is 6.32. The highest BCUT2D eigenvalue weighted by Gasteiger charge is 2.60. The third-order valence-corrected chi connectivity index (χ3v) is 5.78. The predicted octanol–water partition coefficient (Wildman–Crippen LogP) is 1.99. The first kappa shape index (κ1) is 20.3. The Balaban J connectivity index is 1.73. The van der Waals surface area contributed by atoms with Crippen LogP contribution in [0, 0.1) is 12.8 Å². The number of aryl methyl sites for hydroxylation is 1. The van der Waals surface area contributed by atoms with Crippen LogP contribution in [-0.4, -0.2) is 42.5 Å². The summed E-state index contributed by atoms with van der Waals surface area (Å²) < 4.78 is 5.18. The number of hydroxylamine groups is 2. The maximum Gasteiger partial charge on any atom is 0.265 e. The van der Waals surface area contributed by atoms with Crippen molar-refractivity contribution in [2.75, 3.05) is 18.6 Å². The number of benzene rings is 2. The average Bonchev–Trinajstić information content (AvgIpc) is 3.19. The zero-order valence-electron chi connectivity index (χ0n) is 16.4. The summed E-state index contributed by atoms with van der Waals surface area (Å²) in [5.74, 6) is -1.74. The van der Waals surface area contributed by atoms with E-state index in [2.05, 4.69) is 0 Å². The lowest BCUT2D eigenvalue weighted by Crippen LogP contribution is -2.40. The van der Waals surface area contributed by atoms with Crippen LogP contribution < -0.4 is 15.4 Å². The molecule has 3 unspecified atom stereocenters. The number of carbonyl (C=O) groups is 3. The number of methoxy groups -OCH3 is 1. The van der Waals surface area contributed by atoms with Crippen LogP contribution in [0.3, 0.4) is 0 Å². The van der Waals surface area contributed by atoms with Gasteiger partial charge in [0.2, 0.25) is 11.8 Å². The molecule has 156 valence electrons. The molecule has 2 aliphatic heterocycles. The molecule has 2 heterocycles. The molecule has 0 spiro atoms. The van der Waals surface area contributed by atoms with Crippen LogP contribution >= 0.6 is 11.6 Å². The molecule has 3 atom stereocenters. The van der Waals surface area contributed by atoms with Crippen LogP contribution in [0.25, 0.3) is 0 Å². The van der Waals surface area contributed by atoms with E-state index >= 15 is 0 Å². The van der Waals surface area contributed by atoms with E-state index in [1.807, 2.05) is 6.92 Å². The second-order valence-electron chi connectivity index (χ2n) is 7.26. The molecule has 0 radical (unpaired) electrons. The minimum atomic E-state index is -1.05. The van der Waals surface area contributed by atoms with Gasteiger partial charge in [0, 0.05) is 5.02 Å². The van der Waals surface area contributed by atoms with Gasteiger partial charge in [-0.15, -0.1) is 0 Å². The Hall–Kier alpha value is -2.94. The third kappa shape index (κ3) is 3.32. The minimum absolute atomic E-state index is 0.249. The Morgan fingerprint density at radius 1 is 1.17 bits per heavy atom. The van der Waals surface area contributed by atoms with E-state index in [9.17, 15) is 14.4 Å². The fourth-order valence-corrected chi connectivity index (χ4v) is 4.08. The molecule has 2 aromatic rings. The molecule has 3 amide bonds. The van der Waals surface area contributed by atoms with Crippen molar-refractivity contribution in [3.8, 4) is 5.75 Å².